The van der Waals surface area contributed by atoms with Gasteiger partial charge in [0.15, 0.2) is 5.03 Å². The highest BCUT2D eigenvalue weighted by molar-refractivity contribution is 7.90. The number of carbonyl (C=O) groups excluding carboxylic acids is 1. The number of aromatic nitrogens is 4. The van der Waals surface area contributed by atoms with Crippen LogP contribution in [0.1, 0.15) is 57.1 Å². The fourth-order valence-corrected chi connectivity index (χ4v) is 5.79. The lowest BCUT2D eigenvalue weighted by Gasteiger charge is -2.34. The van der Waals surface area contributed by atoms with Gasteiger partial charge in [-0.2, -0.15) is 13.5 Å². The van der Waals surface area contributed by atoms with Crippen molar-refractivity contribution in [2.45, 2.75) is 65.1 Å². The number of nitrogens with zero attached hydrogens (tertiary/aromatic N) is 5. The third-order valence-corrected chi connectivity index (χ3v) is 7.50. The van der Waals surface area contributed by atoms with Crippen molar-refractivity contribution in [1.82, 2.24) is 24.5 Å². The lowest BCUT2D eigenvalue weighted by Crippen LogP contribution is -2.41. The minimum atomic E-state index is -4.15. The Morgan fingerprint density at radius 1 is 1.14 bits per heavy atom. The number of nitrogens with one attached hydrogen (secondary N) is 1. The summed E-state index contributed by atoms with van der Waals surface area (Å²) in [5.41, 5.74) is 1.81. The molecule has 0 spiro atoms. The van der Waals surface area contributed by atoms with E-state index in [0.717, 1.165) is 13.0 Å². The number of aryl methyl sites for hydroxylation is 1. The molecule has 4 heterocycles. The molecule has 1 saturated heterocycles. The van der Waals surface area contributed by atoms with Crippen LogP contribution in [0.5, 0.6) is 0 Å². The monoisotopic (exact) mass is 510 g/mol. The van der Waals surface area contributed by atoms with Crippen molar-refractivity contribution in [2.75, 3.05) is 11.4 Å². The first-order chi connectivity index (χ1) is 16.9. The summed E-state index contributed by atoms with van der Waals surface area (Å²) in [6.07, 6.45) is 2.84. The summed E-state index contributed by atoms with van der Waals surface area (Å²) in [7, 11) is -4.15. The summed E-state index contributed by atoms with van der Waals surface area (Å²) in [4.78, 5) is 24.4. The van der Waals surface area contributed by atoms with Crippen molar-refractivity contribution in [3.63, 3.8) is 0 Å². The first-order valence-corrected chi connectivity index (χ1v) is 13.7. The number of sulfonamides is 1. The van der Waals surface area contributed by atoms with Crippen LogP contribution in [-0.2, 0) is 16.6 Å². The molecule has 1 fully saturated rings. The molecule has 0 saturated carbocycles. The van der Waals surface area contributed by atoms with Crippen molar-refractivity contribution >= 4 is 21.7 Å². The maximum absolute atomic E-state index is 13.4. The van der Waals surface area contributed by atoms with Crippen molar-refractivity contribution in [3.8, 4) is 11.4 Å². The molecular weight excluding hydrogens is 476 g/mol. The van der Waals surface area contributed by atoms with Gasteiger partial charge in [0.2, 0.25) is 0 Å². The van der Waals surface area contributed by atoms with Gasteiger partial charge in [-0.05, 0) is 69.4 Å². The Morgan fingerprint density at radius 3 is 2.53 bits per heavy atom. The fraction of sp³-hybridized carbons (Fsp3) is 0.462. The van der Waals surface area contributed by atoms with Crippen LogP contribution >= 0.6 is 0 Å². The highest BCUT2D eigenvalue weighted by atomic mass is 32.2. The van der Waals surface area contributed by atoms with Crippen LogP contribution in [0.4, 0.5) is 5.82 Å². The maximum atomic E-state index is 13.4. The smallest absolute Gasteiger partial charge is 0.281 e. The van der Waals surface area contributed by atoms with Crippen LogP contribution in [0.15, 0.2) is 47.6 Å². The second kappa shape index (κ2) is 9.65. The van der Waals surface area contributed by atoms with Crippen molar-refractivity contribution in [2.24, 2.45) is 11.8 Å². The Kier molecular flexibility index (Phi) is 6.92. The quantitative estimate of drug-likeness (QED) is 0.511. The van der Waals surface area contributed by atoms with Crippen LogP contribution in [0.3, 0.4) is 0 Å². The molecule has 1 amide bonds. The molecule has 0 unspecified atom stereocenters. The van der Waals surface area contributed by atoms with Gasteiger partial charge in [0.25, 0.3) is 15.9 Å². The molecular formula is C26H34N6O3S. The van der Waals surface area contributed by atoms with Crippen molar-refractivity contribution in [3.05, 3.63) is 53.9 Å². The molecule has 36 heavy (non-hydrogen) atoms. The SMILES string of the molecule is Cc1cccc(S(=O)(=O)NC(=O)c2ccc(-c3ccn(CC(C)C)n3)nc2N2C[C@@H](C)CC2(C)C)n1. The van der Waals surface area contributed by atoms with Crippen molar-refractivity contribution in [1.29, 1.82) is 0 Å². The molecule has 0 radical (unpaired) electrons. The van der Waals surface area contributed by atoms with E-state index in [1.165, 1.54) is 6.07 Å². The number of carbonyl (C=O) groups is 1. The molecule has 192 valence electrons. The van der Waals surface area contributed by atoms with Crippen LogP contribution < -0.4 is 9.62 Å². The summed E-state index contributed by atoms with van der Waals surface area (Å²) in [6.45, 7) is 13.8. The molecule has 3 aromatic rings. The van der Waals surface area contributed by atoms with Crippen LogP contribution in [0, 0.1) is 18.8 Å². The normalized spacial score (nSPS) is 17.5. The van der Waals surface area contributed by atoms with Crippen LogP contribution in [0.25, 0.3) is 11.4 Å². The van der Waals surface area contributed by atoms with E-state index in [4.69, 9.17) is 4.98 Å². The second-order valence-corrected chi connectivity index (χ2v) is 12.3. The van der Waals surface area contributed by atoms with Crippen LogP contribution in [-0.4, -0.2) is 46.2 Å². The summed E-state index contributed by atoms with van der Waals surface area (Å²) in [5.74, 6) is 0.550. The number of amides is 1. The fourth-order valence-electron chi connectivity index (χ4n) is 4.80. The summed E-state index contributed by atoms with van der Waals surface area (Å²) in [5, 5.41) is 4.45. The lowest BCUT2D eigenvalue weighted by molar-refractivity contribution is 0.0981. The lowest BCUT2D eigenvalue weighted by atomic mass is 9.97. The van der Waals surface area contributed by atoms with Gasteiger partial charge in [-0.1, -0.05) is 26.8 Å². The zero-order valence-electron chi connectivity index (χ0n) is 21.7. The molecule has 1 N–H and O–H groups in total. The van der Waals surface area contributed by atoms with Gasteiger partial charge in [0, 0.05) is 30.5 Å². The number of anilines is 1. The molecule has 1 aliphatic rings. The Hall–Kier alpha value is -3.27. The molecule has 1 aliphatic heterocycles. The van der Waals surface area contributed by atoms with Gasteiger partial charge in [-0.15, -0.1) is 0 Å². The van der Waals surface area contributed by atoms with Crippen LogP contribution in [0.2, 0.25) is 0 Å². The molecule has 3 aromatic heterocycles. The number of hydrogen-bond acceptors (Lipinski definition) is 7. The Morgan fingerprint density at radius 2 is 1.89 bits per heavy atom. The predicted molar refractivity (Wildman–Crippen MR) is 139 cm³/mol. The minimum absolute atomic E-state index is 0.193. The summed E-state index contributed by atoms with van der Waals surface area (Å²) in [6, 6.07) is 9.90. The highest BCUT2D eigenvalue weighted by Gasteiger charge is 2.39. The van der Waals surface area contributed by atoms with Gasteiger partial charge in [0.05, 0.1) is 11.3 Å². The van der Waals surface area contributed by atoms with E-state index in [0.29, 0.717) is 41.3 Å². The third-order valence-electron chi connectivity index (χ3n) is 6.27. The molecule has 10 heteroatoms. The Labute approximate surface area is 213 Å². The van der Waals surface area contributed by atoms with Gasteiger partial charge >= 0.3 is 0 Å². The van der Waals surface area contributed by atoms with E-state index >= 15 is 0 Å². The van der Waals surface area contributed by atoms with Gasteiger partial charge < -0.3 is 4.90 Å². The van der Waals surface area contributed by atoms with Gasteiger partial charge in [-0.25, -0.2) is 14.7 Å². The number of rotatable bonds is 7. The first kappa shape index (κ1) is 25.8. The van der Waals surface area contributed by atoms with E-state index in [1.807, 2.05) is 16.9 Å². The van der Waals surface area contributed by atoms with E-state index in [-0.39, 0.29) is 16.1 Å². The van der Waals surface area contributed by atoms with Gasteiger partial charge in [0.1, 0.15) is 11.5 Å². The number of hydrogen-bond donors (Lipinski definition) is 1. The average Bonchev–Trinajstić information content (AvgIpc) is 3.35. The first-order valence-electron chi connectivity index (χ1n) is 12.2. The number of pyridine rings is 2. The molecule has 0 aliphatic carbocycles. The molecule has 0 aromatic carbocycles. The molecule has 4 rings (SSSR count). The highest BCUT2D eigenvalue weighted by Crippen LogP contribution is 2.38. The van der Waals surface area contributed by atoms with Gasteiger partial charge in [-0.3, -0.25) is 9.48 Å². The second-order valence-electron chi connectivity index (χ2n) is 10.7. The molecule has 9 nitrogen and oxygen atoms in total. The summed E-state index contributed by atoms with van der Waals surface area (Å²) < 4.78 is 29.9. The zero-order valence-corrected chi connectivity index (χ0v) is 22.5. The van der Waals surface area contributed by atoms with E-state index in [2.05, 4.69) is 54.3 Å². The summed E-state index contributed by atoms with van der Waals surface area (Å²) >= 11 is 0. The van der Waals surface area contributed by atoms with E-state index in [9.17, 15) is 13.2 Å². The predicted octanol–water partition coefficient (Wildman–Crippen LogP) is 4.05. The topological polar surface area (TPSA) is 110 Å². The zero-order chi connectivity index (χ0) is 26.3. The molecule has 1 atom stereocenters. The molecule has 0 bridgehead atoms. The Bertz CT molecular complexity index is 1380. The minimum Gasteiger partial charge on any atom is -0.351 e. The average molecular weight is 511 g/mol. The van der Waals surface area contributed by atoms with Crippen molar-refractivity contribution < 1.29 is 13.2 Å². The largest absolute Gasteiger partial charge is 0.351 e. The van der Waals surface area contributed by atoms with E-state index in [1.54, 1.807) is 31.2 Å². The maximum Gasteiger partial charge on any atom is 0.281 e. The third kappa shape index (κ3) is 5.43. The van der Waals surface area contributed by atoms with E-state index < -0.39 is 15.9 Å². The standard InChI is InChI=1S/C26H34N6O3S/c1-17(2)15-31-13-12-22(29-31)21-11-10-20(24(28-21)32-16-18(3)14-26(32,5)6)25(33)30-36(34,35)23-9-7-8-19(4)27-23/h7-13,17-18H,14-16H2,1-6H3,(H,30,33)/t18-/m0/s1. The Balaban J connectivity index is 1.74.